The summed E-state index contributed by atoms with van der Waals surface area (Å²) in [5, 5.41) is 5.23. The van der Waals surface area contributed by atoms with Crippen LogP contribution in [0.25, 0.3) is 0 Å². The van der Waals surface area contributed by atoms with Crippen molar-refractivity contribution in [2.75, 3.05) is 10.0 Å². The first-order valence-electron chi connectivity index (χ1n) is 7.14. The van der Waals surface area contributed by atoms with E-state index in [1.807, 2.05) is 0 Å². The summed E-state index contributed by atoms with van der Waals surface area (Å²) in [6, 6.07) is 10.3. The molecule has 26 heavy (non-hydrogen) atoms. The van der Waals surface area contributed by atoms with Crippen LogP contribution in [0.5, 0.6) is 0 Å². The van der Waals surface area contributed by atoms with Crippen molar-refractivity contribution in [1.29, 1.82) is 0 Å². The summed E-state index contributed by atoms with van der Waals surface area (Å²) < 4.78 is 26.9. The van der Waals surface area contributed by atoms with Gasteiger partial charge in [-0.15, -0.1) is 11.3 Å². The maximum atomic E-state index is 12.3. The van der Waals surface area contributed by atoms with Gasteiger partial charge in [-0.3, -0.25) is 9.52 Å². The van der Waals surface area contributed by atoms with Gasteiger partial charge >= 0.3 is 0 Å². The molecule has 0 fully saturated rings. The molecule has 0 unspecified atom stereocenters. The van der Waals surface area contributed by atoms with E-state index in [-0.39, 0.29) is 20.6 Å². The second-order valence-electron chi connectivity index (χ2n) is 5.05. The second-order valence-corrected chi connectivity index (χ2v) is 8.47. The van der Waals surface area contributed by atoms with Crippen molar-refractivity contribution in [3.8, 4) is 0 Å². The summed E-state index contributed by atoms with van der Waals surface area (Å²) in [6.45, 7) is 0. The number of benzene rings is 2. The quantitative estimate of drug-likeness (QED) is 0.626. The third kappa shape index (κ3) is 4.34. The Morgan fingerprint density at radius 3 is 2.46 bits per heavy atom. The molecule has 0 radical (unpaired) electrons. The molecule has 0 saturated heterocycles. The van der Waals surface area contributed by atoms with E-state index >= 15 is 0 Å². The highest BCUT2D eigenvalue weighted by Gasteiger charge is 2.16. The second kappa shape index (κ2) is 7.63. The number of carbonyl (C=O) groups is 1. The highest BCUT2D eigenvalue weighted by atomic mass is 35.5. The van der Waals surface area contributed by atoms with Crippen LogP contribution >= 0.6 is 34.5 Å². The molecule has 2 aromatic carbocycles. The summed E-state index contributed by atoms with van der Waals surface area (Å²) in [5.41, 5.74) is 0.639. The van der Waals surface area contributed by atoms with Crippen LogP contribution in [0.4, 0.5) is 10.8 Å². The molecular weight excluding hydrogens is 417 g/mol. The molecule has 0 atom stereocenters. The fourth-order valence-electron chi connectivity index (χ4n) is 2.04. The Balaban J connectivity index is 1.75. The normalized spacial score (nSPS) is 11.2. The van der Waals surface area contributed by atoms with Gasteiger partial charge in [0.15, 0.2) is 5.13 Å². The van der Waals surface area contributed by atoms with Crippen LogP contribution in [0, 0.1) is 0 Å². The molecule has 0 aliphatic rings. The first kappa shape index (κ1) is 18.7. The molecule has 0 saturated carbocycles. The predicted octanol–water partition coefficient (Wildman–Crippen LogP) is 4.50. The SMILES string of the molecule is O=C(Nc1ccc(S(=O)(=O)Nc2nccs2)cc1)c1cc(Cl)ccc1Cl. The smallest absolute Gasteiger partial charge is 0.263 e. The van der Waals surface area contributed by atoms with E-state index in [9.17, 15) is 13.2 Å². The van der Waals surface area contributed by atoms with E-state index in [1.54, 1.807) is 11.4 Å². The zero-order valence-electron chi connectivity index (χ0n) is 12.9. The van der Waals surface area contributed by atoms with E-state index in [0.717, 1.165) is 0 Å². The van der Waals surface area contributed by atoms with Gasteiger partial charge in [-0.2, -0.15) is 0 Å². The van der Waals surface area contributed by atoms with Gasteiger partial charge in [-0.05, 0) is 42.5 Å². The number of amides is 1. The minimum Gasteiger partial charge on any atom is -0.322 e. The zero-order chi connectivity index (χ0) is 18.7. The molecule has 0 bridgehead atoms. The molecule has 3 aromatic rings. The predicted molar refractivity (Wildman–Crippen MR) is 104 cm³/mol. The average molecular weight is 428 g/mol. The Kier molecular flexibility index (Phi) is 5.47. The number of thiazole rings is 1. The minimum atomic E-state index is -3.75. The first-order chi connectivity index (χ1) is 12.3. The van der Waals surface area contributed by atoms with Crippen LogP contribution in [-0.4, -0.2) is 19.3 Å². The third-order valence-corrected chi connectivity index (χ3v) is 5.99. The van der Waals surface area contributed by atoms with Gasteiger partial charge in [0.25, 0.3) is 15.9 Å². The largest absolute Gasteiger partial charge is 0.322 e. The van der Waals surface area contributed by atoms with Crippen LogP contribution in [0.2, 0.25) is 10.0 Å². The third-order valence-electron chi connectivity index (χ3n) is 3.25. The average Bonchev–Trinajstić information content (AvgIpc) is 3.09. The molecule has 134 valence electrons. The molecule has 1 heterocycles. The Labute approximate surface area is 163 Å². The molecule has 2 N–H and O–H groups in total. The van der Waals surface area contributed by atoms with Crippen LogP contribution in [-0.2, 0) is 10.0 Å². The van der Waals surface area contributed by atoms with Crippen LogP contribution < -0.4 is 10.0 Å². The Hall–Kier alpha value is -2.13. The van der Waals surface area contributed by atoms with E-state index in [2.05, 4.69) is 15.0 Å². The minimum absolute atomic E-state index is 0.0477. The van der Waals surface area contributed by atoms with Crippen molar-refractivity contribution in [3.05, 3.63) is 69.7 Å². The maximum Gasteiger partial charge on any atom is 0.263 e. The van der Waals surface area contributed by atoms with E-state index in [4.69, 9.17) is 23.2 Å². The maximum absolute atomic E-state index is 12.3. The summed E-state index contributed by atoms with van der Waals surface area (Å²) in [4.78, 5) is 16.2. The van der Waals surface area contributed by atoms with Crippen LogP contribution in [0.15, 0.2) is 58.9 Å². The van der Waals surface area contributed by atoms with Crippen LogP contribution in [0.1, 0.15) is 10.4 Å². The van der Waals surface area contributed by atoms with Crippen molar-refractivity contribution in [2.45, 2.75) is 4.90 Å². The number of aromatic nitrogens is 1. The highest BCUT2D eigenvalue weighted by molar-refractivity contribution is 7.93. The number of nitrogens with one attached hydrogen (secondary N) is 2. The number of halogens is 2. The lowest BCUT2D eigenvalue weighted by Crippen LogP contribution is -2.14. The molecule has 0 spiro atoms. The topological polar surface area (TPSA) is 88.2 Å². The van der Waals surface area contributed by atoms with Gasteiger partial charge in [0.05, 0.1) is 15.5 Å². The molecule has 0 aliphatic heterocycles. The lowest BCUT2D eigenvalue weighted by atomic mass is 10.2. The molecule has 1 aromatic heterocycles. The Bertz CT molecular complexity index is 1040. The summed E-state index contributed by atoms with van der Waals surface area (Å²) in [6.07, 6.45) is 1.50. The van der Waals surface area contributed by atoms with E-state index in [1.165, 1.54) is 53.9 Å². The van der Waals surface area contributed by atoms with Crippen molar-refractivity contribution in [3.63, 3.8) is 0 Å². The fraction of sp³-hybridized carbons (Fsp3) is 0. The van der Waals surface area contributed by atoms with Gasteiger partial charge in [-0.1, -0.05) is 23.2 Å². The summed E-state index contributed by atoms with van der Waals surface area (Å²) in [7, 11) is -3.75. The number of anilines is 2. The van der Waals surface area contributed by atoms with E-state index < -0.39 is 15.9 Å². The van der Waals surface area contributed by atoms with Crippen molar-refractivity contribution < 1.29 is 13.2 Å². The molecule has 0 aliphatic carbocycles. The van der Waals surface area contributed by atoms with Crippen molar-refractivity contribution in [1.82, 2.24) is 4.98 Å². The lowest BCUT2D eigenvalue weighted by molar-refractivity contribution is 0.102. The Morgan fingerprint density at radius 1 is 1.08 bits per heavy atom. The number of carbonyl (C=O) groups excluding carboxylic acids is 1. The number of rotatable bonds is 5. The summed E-state index contributed by atoms with van der Waals surface area (Å²) >= 11 is 13.0. The zero-order valence-corrected chi connectivity index (χ0v) is 16.1. The van der Waals surface area contributed by atoms with Gasteiger partial charge in [0, 0.05) is 22.3 Å². The standard InChI is InChI=1S/C16H11Cl2N3O3S2/c17-10-1-6-14(18)13(9-10)15(22)20-11-2-4-12(5-3-11)26(23,24)21-16-19-7-8-25-16/h1-9H,(H,19,21)(H,20,22). The monoisotopic (exact) mass is 427 g/mol. The number of hydrogen-bond acceptors (Lipinski definition) is 5. The molecule has 6 nitrogen and oxygen atoms in total. The van der Waals surface area contributed by atoms with E-state index in [0.29, 0.717) is 10.7 Å². The molecular formula is C16H11Cl2N3O3S2. The van der Waals surface area contributed by atoms with Crippen LogP contribution in [0.3, 0.4) is 0 Å². The fourth-order valence-corrected chi connectivity index (χ4v) is 4.20. The first-order valence-corrected chi connectivity index (χ1v) is 10.3. The van der Waals surface area contributed by atoms with Gasteiger partial charge in [0.1, 0.15) is 0 Å². The number of sulfonamides is 1. The number of nitrogens with zero attached hydrogens (tertiary/aromatic N) is 1. The van der Waals surface area contributed by atoms with Gasteiger partial charge < -0.3 is 5.32 Å². The molecule has 3 rings (SSSR count). The van der Waals surface area contributed by atoms with Gasteiger partial charge in [0.2, 0.25) is 0 Å². The van der Waals surface area contributed by atoms with Crippen molar-refractivity contribution in [2.24, 2.45) is 0 Å². The molecule has 1 amide bonds. The lowest BCUT2D eigenvalue weighted by Gasteiger charge is -2.09. The summed E-state index contributed by atoms with van der Waals surface area (Å²) in [5.74, 6) is -0.450. The number of hydrogen-bond donors (Lipinski definition) is 2. The Morgan fingerprint density at radius 2 is 1.81 bits per heavy atom. The molecule has 10 heteroatoms. The highest BCUT2D eigenvalue weighted by Crippen LogP contribution is 2.23. The van der Waals surface area contributed by atoms with Crippen molar-refractivity contribution >= 4 is 61.3 Å². The van der Waals surface area contributed by atoms with Gasteiger partial charge in [-0.25, -0.2) is 13.4 Å².